The third kappa shape index (κ3) is 4.82. The largest absolute Gasteiger partial charge is 0.466 e. The summed E-state index contributed by atoms with van der Waals surface area (Å²) in [7, 11) is 0. The Kier molecular flexibility index (Phi) is 6.71. The van der Waals surface area contributed by atoms with Gasteiger partial charge in [-0.25, -0.2) is 0 Å². The monoisotopic (exact) mass is 309 g/mol. The van der Waals surface area contributed by atoms with E-state index in [4.69, 9.17) is 4.74 Å². The molecule has 1 aliphatic heterocycles. The summed E-state index contributed by atoms with van der Waals surface area (Å²) in [4.78, 5) is 15.9. The van der Waals surface area contributed by atoms with Crippen molar-refractivity contribution in [3.8, 4) is 0 Å². The molecule has 1 saturated heterocycles. The molecule has 0 aromatic carbocycles. The third-order valence-corrected chi connectivity index (χ3v) is 5.47. The molecule has 1 aromatic rings. The van der Waals surface area contributed by atoms with Gasteiger partial charge < -0.3 is 9.64 Å². The van der Waals surface area contributed by atoms with Crippen molar-refractivity contribution in [2.75, 3.05) is 26.2 Å². The molecule has 21 heavy (non-hydrogen) atoms. The predicted octanol–water partition coefficient (Wildman–Crippen LogP) is 3.91. The molecule has 2 rings (SSSR count). The first-order valence-corrected chi connectivity index (χ1v) is 9.04. The first-order chi connectivity index (χ1) is 10.2. The van der Waals surface area contributed by atoms with Crippen LogP contribution in [-0.4, -0.2) is 37.1 Å². The van der Waals surface area contributed by atoms with Gasteiger partial charge in [0.15, 0.2) is 0 Å². The van der Waals surface area contributed by atoms with Crippen LogP contribution in [0.1, 0.15) is 50.3 Å². The van der Waals surface area contributed by atoms with Gasteiger partial charge in [-0.1, -0.05) is 13.0 Å². The Hall–Kier alpha value is -0.870. The van der Waals surface area contributed by atoms with Crippen LogP contribution in [-0.2, 0) is 9.53 Å². The van der Waals surface area contributed by atoms with Crippen molar-refractivity contribution >= 4 is 17.3 Å². The first kappa shape index (κ1) is 16.5. The van der Waals surface area contributed by atoms with Crippen LogP contribution in [0.25, 0.3) is 0 Å². The molecule has 1 aromatic heterocycles. The Balaban J connectivity index is 1.72. The lowest BCUT2D eigenvalue weighted by Crippen LogP contribution is -2.35. The minimum Gasteiger partial charge on any atom is -0.466 e. The molecule has 1 unspecified atom stereocenters. The smallest absolute Gasteiger partial charge is 0.308 e. The molecular weight excluding hydrogens is 282 g/mol. The zero-order chi connectivity index (χ0) is 15.1. The van der Waals surface area contributed by atoms with Crippen molar-refractivity contribution in [2.24, 2.45) is 5.92 Å². The molecule has 0 amide bonds. The number of ether oxygens (including phenoxy) is 1. The molecule has 0 bridgehead atoms. The van der Waals surface area contributed by atoms with Crippen molar-refractivity contribution in [3.05, 3.63) is 22.4 Å². The predicted molar refractivity (Wildman–Crippen MR) is 87.8 cm³/mol. The highest BCUT2D eigenvalue weighted by Gasteiger charge is 2.23. The fourth-order valence-corrected chi connectivity index (χ4v) is 3.95. The van der Waals surface area contributed by atoms with Gasteiger partial charge in [0.05, 0.1) is 12.5 Å². The van der Waals surface area contributed by atoms with Crippen molar-refractivity contribution in [2.45, 2.75) is 45.4 Å². The van der Waals surface area contributed by atoms with Crippen LogP contribution < -0.4 is 0 Å². The average Bonchev–Trinajstić information content (AvgIpc) is 3.03. The maximum atomic E-state index is 11.8. The van der Waals surface area contributed by atoms with E-state index in [1.807, 2.05) is 18.3 Å². The van der Waals surface area contributed by atoms with Crippen molar-refractivity contribution in [1.82, 2.24) is 4.90 Å². The van der Waals surface area contributed by atoms with Gasteiger partial charge in [-0.2, -0.15) is 0 Å². The molecule has 0 saturated carbocycles. The van der Waals surface area contributed by atoms with Crippen molar-refractivity contribution in [1.29, 1.82) is 0 Å². The highest BCUT2D eigenvalue weighted by molar-refractivity contribution is 7.10. The maximum absolute atomic E-state index is 11.8. The number of nitrogens with zero attached hydrogens (tertiary/aromatic N) is 1. The van der Waals surface area contributed by atoms with Crippen LogP contribution in [0.2, 0.25) is 0 Å². The molecule has 4 heteroatoms. The fourth-order valence-electron chi connectivity index (χ4n) is 3.05. The Morgan fingerprint density at radius 3 is 2.76 bits per heavy atom. The maximum Gasteiger partial charge on any atom is 0.308 e. The molecule has 0 spiro atoms. The summed E-state index contributed by atoms with van der Waals surface area (Å²) >= 11 is 1.88. The van der Waals surface area contributed by atoms with E-state index in [1.54, 1.807) is 0 Å². The van der Waals surface area contributed by atoms with Gasteiger partial charge in [0, 0.05) is 4.88 Å². The normalized spacial score (nSPS) is 18.6. The fraction of sp³-hybridized carbons (Fsp3) is 0.706. The number of hydrogen-bond acceptors (Lipinski definition) is 4. The quantitative estimate of drug-likeness (QED) is 0.715. The standard InChI is InChI=1S/C17H27NO2S/c1-3-14(17(19)20-4-2)7-10-18-11-8-15(9-12-18)16-6-5-13-21-16/h5-6,13-15H,3-4,7-12H2,1-2H3. The van der Waals surface area contributed by atoms with E-state index in [9.17, 15) is 4.79 Å². The number of thiophene rings is 1. The van der Waals surface area contributed by atoms with E-state index in [0.29, 0.717) is 6.61 Å². The summed E-state index contributed by atoms with van der Waals surface area (Å²) < 4.78 is 5.14. The number of hydrogen-bond donors (Lipinski definition) is 0. The topological polar surface area (TPSA) is 29.5 Å². The van der Waals surface area contributed by atoms with E-state index < -0.39 is 0 Å². The summed E-state index contributed by atoms with van der Waals surface area (Å²) in [6, 6.07) is 4.41. The summed E-state index contributed by atoms with van der Waals surface area (Å²) in [5, 5.41) is 2.17. The van der Waals surface area contributed by atoms with Gasteiger partial charge in [0.25, 0.3) is 0 Å². The Morgan fingerprint density at radius 1 is 1.43 bits per heavy atom. The van der Waals surface area contributed by atoms with Gasteiger partial charge in [-0.15, -0.1) is 11.3 Å². The highest BCUT2D eigenvalue weighted by Crippen LogP contribution is 2.31. The number of piperidine rings is 1. The Bertz CT molecular complexity index is 410. The molecule has 3 nitrogen and oxygen atoms in total. The summed E-state index contributed by atoms with van der Waals surface area (Å²) in [5.41, 5.74) is 0. The second-order valence-corrected chi connectivity index (χ2v) is 6.76. The molecule has 0 N–H and O–H groups in total. The molecular formula is C17H27NO2S. The zero-order valence-electron chi connectivity index (χ0n) is 13.2. The second kappa shape index (κ2) is 8.54. The number of carbonyl (C=O) groups excluding carboxylic acids is 1. The van der Waals surface area contributed by atoms with Gasteiger partial charge in [-0.3, -0.25) is 4.79 Å². The van der Waals surface area contributed by atoms with E-state index in [0.717, 1.165) is 38.4 Å². The highest BCUT2D eigenvalue weighted by atomic mass is 32.1. The summed E-state index contributed by atoms with van der Waals surface area (Å²) in [5.74, 6) is 0.793. The lowest BCUT2D eigenvalue weighted by molar-refractivity contribution is -0.148. The van der Waals surface area contributed by atoms with Crippen LogP contribution in [0.5, 0.6) is 0 Å². The average molecular weight is 309 g/mol. The van der Waals surface area contributed by atoms with Crippen LogP contribution >= 0.6 is 11.3 Å². The summed E-state index contributed by atoms with van der Waals surface area (Å²) in [6.07, 6.45) is 4.30. The molecule has 1 fully saturated rings. The van der Waals surface area contributed by atoms with E-state index in [-0.39, 0.29) is 11.9 Å². The Labute approximate surface area is 132 Å². The minimum atomic E-state index is -0.0199. The second-order valence-electron chi connectivity index (χ2n) is 5.78. The van der Waals surface area contributed by atoms with Crippen molar-refractivity contribution < 1.29 is 9.53 Å². The SMILES string of the molecule is CCOC(=O)C(CC)CCN1CCC(c2cccs2)CC1. The third-order valence-electron chi connectivity index (χ3n) is 4.44. The summed E-state index contributed by atoms with van der Waals surface area (Å²) in [6.45, 7) is 7.77. The lowest BCUT2D eigenvalue weighted by atomic mass is 9.94. The number of esters is 1. The van der Waals surface area contributed by atoms with Crippen LogP contribution in [0.4, 0.5) is 0 Å². The van der Waals surface area contributed by atoms with E-state index >= 15 is 0 Å². The van der Waals surface area contributed by atoms with Crippen LogP contribution in [0, 0.1) is 5.92 Å². The van der Waals surface area contributed by atoms with Gasteiger partial charge in [0.2, 0.25) is 0 Å². The molecule has 0 radical (unpaired) electrons. The van der Waals surface area contributed by atoms with Gasteiger partial charge >= 0.3 is 5.97 Å². The molecule has 1 aliphatic rings. The van der Waals surface area contributed by atoms with Crippen LogP contribution in [0.15, 0.2) is 17.5 Å². The molecule has 2 heterocycles. The first-order valence-electron chi connectivity index (χ1n) is 8.17. The number of likely N-dealkylation sites (tertiary alicyclic amines) is 1. The van der Waals surface area contributed by atoms with Crippen molar-refractivity contribution in [3.63, 3.8) is 0 Å². The molecule has 118 valence electrons. The van der Waals surface area contributed by atoms with E-state index in [2.05, 4.69) is 29.3 Å². The Morgan fingerprint density at radius 2 is 2.19 bits per heavy atom. The zero-order valence-corrected chi connectivity index (χ0v) is 14.0. The van der Waals surface area contributed by atoms with E-state index in [1.165, 1.54) is 17.7 Å². The van der Waals surface area contributed by atoms with Gasteiger partial charge in [-0.05, 0) is 69.6 Å². The number of carbonyl (C=O) groups is 1. The lowest BCUT2D eigenvalue weighted by Gasteiger charge is -2.32. The molecule has 0 aliphatic carbocycles. The van der Waals surface area contributed by atoms with Crippen LogP contribution in [0.3, 0.4) is 0 Å². The number of rotatable bonds is 7. The minimum absolute atomic E-state index is 0.0199. The molecule has 1 atom stereocenters. The van der Waals surface area contributed by atoms with Gasteiger partial charge in [0.1, 0.15) is 0 Å².